The number of halogens is 2. The Morgan fingerprint density at radius 3 is 2.68 bits per heavy atom. The predicted molar refractivity (Wildman–Crippen MR) is 91.2 cm³/mol. The smallest absolute Gasteiger partial charge is 0.220 e. The van der Waals surface area contributed by atoms with E-state index in [-0.39, 0.29) is 24.4 Å². The van der Waals surface area contributed by atoms with E-state index in [0.29, 0.717) is 42.5 Å². The number of benzene rings is 1. The fourth-order valence-corrected chi connectivity index (χ4v) is 2.10. The molecule has 0 radical (unpaired) electrons. The Labute approximate surface area is 142 Å². The fraction of sp³-hybridized carbons (Fsp3) is 0.533. The van der Waals surface area contributed by atoms with Gasteiger partial charge in [-0.1, -0.05) is 11.6 Å². The molecule has 5 nitrogen and oxygen atoms in total. The van der Waals surface area contributed by atoms with Gasteiger partial charge in [-0.2, -0.15) is 0 Å². The molecule has 1 amide bonds. The highest BCUT2D eigenvalue weighted by atomic mass is 35.5. The number of nitrogens with one attached hydrogen (secondary N) is 1. The monoisotopic (exact) mass is 350 g/mol. The van der Waals surface area contributed by atoms with Crippen molar-refractivity contribution in [3.8, 4) is 11.5 Å². The van der Waals surface area contributed by atoms with Gasteiger partial charge in [0.2, 0.25) is 5.91 Å². The molecule has 0 aromatic heterocycles. The number of ether oxygens (including phenoxy) is 2. The summed E-state index contributed by atoms with van der Waals surface area (Å²) >= 11 is 6.18. The lowest BCUT2D eigenvalue weighted by molar-refractivity contribution is -0.121. The summed E-state index contributed by atoms with van der Waals surface area (Å²) in [6, 6.07) is 3.60. The molecule has 0 bridgehead atoms. The van der Waals surface area contributed by atoms with Crippen molar-refractivity contribution < 1.29 is 14.3 Å². The van der Waals surface area contributed by atoms with Gasteiger partial charge in [0.1, 0.15) is 0 Å². The first-order valence-electron chi connectivity index (χ1n) is 6.99. The first kappa shape index (κ1) is 20.8. The summed E-state index contributed by atoms with van der Waals surface area (Å²) in [5, 5.41) is 3.30. The van der Waals surface area contributed by atoms with Crippen LogP contribution >= 0.6 is 24.0 Å². The summed E-state index contributed by atoms with van der Waals surface area (Å²) in [5.74, 6) is 1.05. The zero-order chi connectivity index (χ0) is 15.8. The molecule has 3 N–H and O–H groups in total. The Balaban J connectivity index is 0.00000441. The van der Waals surface area contributed by atoms with Crippen LogP contribution in [0, 0.1) is 0 Å². The minimum Gasteiger partial charge on any atom is -0.493 e. The van der Waals surface area contributed by atoms with Gasteiger partial charge in [0, 0.05) is 19.0 Å². The first-order valence-corrected chi connectivity index (χ1v) is 7.37. The number of nitrogens with two attached hydrogens (primary N) is 1. The second-order valence-electron chi connectivity index (χ2n) is 4.83. The number of carbonyl (C=O) groups is 1. The molecule has 1 atom stereocenters. The molecular formula is C15H24Cl2N2O3. The Hall–Kier alpha value is -1.17. The molecule has 7 heteroatoms. The van der Waals surface area contributed by atoms with E-state index in [4.69, 9.17) is 26.8 Å². The average Bonchev–Trinajstić information content (AvgIpc) is 2.45. The zero-order valence-electron chi connectivity index (χ0n) is 13.1. The van der Waals surface area contributed by atoms with E-state index in [1.165, 1.54) is 0 Å². The van der Waals surface area contributed by atoms with Crippen LogP contribution in [0.3, 0.4) is 0 Å². The molecule has 126 valence electrons. The van der Waals surface area contributed by atoms with Crippen LogP contribution in [-0.4, -0.2) is 25.7 Å². The molecule has 0 aliphatic rings. The molecule has 0 saturated heterocycles. The van der Waals surface area contributed by atoms with Crippen LogP contribution in [0.5, 0.6) is 11.5 Å². The molecule has 0 aliphatic heterocycles. The Morgan fingerprint density at radius 2 is 2.14 bits per heavy atom. The van der Waals surface area contributed by atoms with Crippen molar-refractivity contribution in [2.24, 2.45) is 5.73 Å². The fourth-order valence-electron chi connectivity index (χ4n) is 1.81. The number of amides is 1. The molecule has 0 fully saturated rings. The second kappa shape index (κ2) is 10.5. The van der Waals surface area contributed by atoms with E-state index >= 15 is 0 Å². The topological polar surface area (TPSA) is 73.6 Å². The normalized spacial score (nSPS) is 11.3. The van der Waals surface area contributed by atoms with E-state index in [1.54, 1.807) is 13.2 Å². The highest BCUT2D eigenvalue weighted by molar-refractivity contribution is 6.32. The van der Waals surface area contributed by atoms with Crippen LogP contribution in [0.2, 0.25) is 5.02 Å². The third-order valence-corrected chi connectivity index (χ3v) is 3.18. The molecule has 0 heterocycles. The van der Waals surface area contributed by atoms with Crippen LogP contribution in [0.1, 0.15) is 32.3 Å². The largest absolute Gasteiger partial charge is 0.493 e. The molecule has 1 aromatic rings. The van der Waals surface area contributed by atoms with Crippen LogP contribution in [0.4, 0.5) is 0 Å². The lowest BCUT2D eigenvalue weighted by atomic mass is 10.1. The van der Waals surface area contributed by atoms with Gasteiger partial charge in [0.25, 0.3) is 0 Å². The summed E-state index contributed by atoms with van der Waals surface area (Å²) in [6.45, 7) is 4.65. The highest BCUT2D eigenvalue weighted by Crippen LogP contribution is 2.36. The van der Waals surface area contributed by atoms with Gasteiger partial charge in [0.15, 0.2) is 11.5 Å². The third-order valence-electron chi connectivity index (χ3n) is 2.89. The summed E-state index contributed by atoms with van der Waals surface area (Å²) in [6.07, 6.45) is 1.08. The van der Waals surface area contributed by atoms with Crippen molar-refractivity contribution >= 4 is 29.9 Å². The van der Waals surface area contributed by atoms with Gasteiger partial charge < -0.3 is 20.5 Å². The number of rotatable bonds is 8. The average molecular weight is 351 g/mol. The van der Waals surface area contributed by atoms with E-state index in [1.807, 2.05) is 19.9 Å². The lowest BCUT2D eigenvalue weighted by Gasteiger charge is -2.13. The number of hydrogen-bond donors (Lipinski definition) is 2. The van der Waals surface area contributed by atoms with E-state index < -0.39 is 0 Å². The van der Waals surface area contributed by atoms with Crippen LogP contribution in [-0.2, 0) is 11.3 Å². The van der Waals surface area contributed by atoms with Gasteiger partial charge in [-0.15, -0.1) is 12.4 Å². The van der Waals surface area contributed by atoms with Crippen LogP contribution in [0.15, 0.2) is 12.1 Å². The van der Waals surface area contributed by atoms with E-state index in [0.717, 1.165) is 5.56 Å². The van der Waals surface area contributed by atoms with E-state index in [2.05, 4.69) is 5.32 Å². The van der Waals surface area contributed by atoms with Crippen molar-refractivity contribution in [3.63, 3.8) is 0 Å². The summed E-state index contributed by atoms with van der Waals surface area (Å²) in [4.78, 5) is 11.7. The molecule has 0 saturated carbocycles. The molecular weight excluding hydrogens is 327 g/mol. The van der Waals surface area contributed by atoms with Crippen LogP contribution in [0.25, 0.3) is 0 Å². The summed E-state index contributed by atoms with van der Waals surface area (Å²) in [5.41, 5.74) is 6.48. The lowest BCUT2D eigenvalue weighted by Crippen LogP contribution is -2.25. The maximum Gasteiger partial charge on any atom is 0.220 e. The van der Waals surface area contributed by atoms with Crippen molar-refractivity contribution in [1.82, 2.24) is 5.32 Å². The molecule has 1 aromatic carbocycles. The summed E-state index contributed by atoms with van der Waals surface area (Å²) < 4.78 is 10.7. The highest BCUT2D eigenvalue weighted by Gasteiger charge is 2.12. The molecule has 1 unspecified atom stereocenters. The van der Waals surface area contributed by atoms with Gasteiger partial charge in [-0.05, 0) is 38.0 Å². The molecule has 0 aliphatic carbocycles. The number of hydrogen-bond acceptors (Lipinski definition) is 4. The maximum absolute atomic E-state index is 11.7. The molecule has 1 rings (SSSR count). The van der Waals surface area contributed by atoms with Crippen molar-refractivity contribution in [2.75, 3.05) is 13.7 Å². The maximum atomic E-state index is 11.7. The van der Waals surface area contributed by atoms with E-state index in [9.17, 15) is 4.79 Å². The Bertz CT molecular complexity index is 482. The van der Waals surface area contributed by atoms with Gasteiger partial charge in [-0.3, -0.25) is 4.79 Å². The second-order valence-corrected chi connectivity index (χ2v) is 5.24. The van der Waals surface area contributed by atoms with Crippen molar-refractivity contribution in [1.29, 1.82) is 0 Å². The standard InChI is InChI=1S/C15H23ClN2O3.ClH/c1-4-21-15-12(16)7-11(8-13(15)20-3)9-18-14(19)6-5-10(2)17;/h7-8,10H,4-6,9,17H2,1-3H3,(H,18,19);1H. The summed E-state index contributed by atoms with van der Waals surface area (Å²) in [7, 11) is 1.55. The van der Waals surface area contributed by atoms with Crippen molar-refractivity contribution in [2.45, 2.75) is 39.3 Å². The first-order chi connectivity index (χ1) is 9.97. The number of methoxy groups -OCH3 is 1. The zero-order valence-corrected chi connectivity index (χ0v) is 14.7. The Morgan fingerprint density at radius 1 is 1.45 bits per heavy atom. The minimum atomic E-state index is -0.0312. The predicted octanol–water partition coefficient (Wildman–Crippen LogP) is 2.91. The Kier molecular flexibility index (Phi) is 9.98. The molecule has 22 heavy (non-hydrogen) atoms. The third kappa shape index (κ3) is 6.73. The number of carbonyl (C=O) groups excluding carboxylic acids is 1. The molecule has 0 spiro atoms. The quantitative estimate of drug-likeness (QED) is 0.755. The van der Waals surface area contributed by atoms with Gasteiger partial charge >= 0.3 is 0 Å². The van der Waals surface area contributed by atoms with Crippen LogP contribution < -0.4 is 20.5 Å². The SMILES string of the molecule is CCOc1c(Cl)cc(CNC(=O)CCC(C)N)cc1OC.Cl. The van der Waals surface area contributed by atoms with Gasteiger partial charge in [0.05, 0.1) is 18.7 Å². The van der Waals surface area contributed by atoms with Gasteiger partial charge in [-0.25, -0.2) is 0 Å². The van der Waals surface area contributed by atoms with Crippen molar-refractivity contribution in [3.05, 3.63) is 22.7 Å². The minimum absolute atomic E-state index is 0.